The van der Waals surface area contributed by atoms with Gasteiger partial charge in [0.15, 0.2) is 5.69 Å². The van der Waals surface area contributed by atoms with Gasteiger partial charge in [0.25, 0.3) is 11.8 Å². The highest BCUT2D eigenvalue weighted by Crippen LogP contribution is 2.41. The van der Waals surface area contributed by atoms with Crippen LogP contribution in [0.25, 0.3) is 0 Å². The molecule has 3 heterocycles. The van der Waals surface area contributed by atoms with Crippen molar-refractivity contribution in [3.63, 3.8) is 0 Å². The van der Waals surface area contributed by atoms with E-state index in [9.17, 15) is 9.59 Å². The quantitative estimate of drug-likeness (QED) is 0.792. The first-order valence-corrected chi connectivity index (χ1v) is 10.2. The van der Waals surface area contributed by atoms with Crippen LogP contribution >= 0.6 is 0 Å². The number of carbonyl (C=O) groups excluding carboxylic acids is 2. The summed E-state index contributed by atoms with van der Waals surface area (Å²) in [5, 5.41) is 3.85. The van der Waals surface area contributed by atoms with E-state index in [0.29, 0.717) is 23.6 Å². The van der Waals surface area contributed by atoms with E-state index in [1.807, 2.05) is 41.0 Å². The van der Waals surface area contributed by atoms with Gasteiger partial charge in [-0.15, -0.1) is 0 Å². The lowest BCUT2D eigenvalue weighted by atomic mass is 9.77. The Morgan fingerprint density at radius 1 is 1.07 bits per heavy atom. The van der Waals surface area contributed by atoms with Crippen LogP contribution in [0.5, 0.6) is 5.75 Å². The molecule has 1 spiro atoms. The molecule has 2 aliphatic rings. The normalized spacial score (nSPS) is 18.3. The summed E-state index contributed by atoms with van der Waals surface area (Å²) in [6.45, 7) is 7.23. The van der Waals surface area contributed by atoms with E-state index in [0.717, 1.165) is 51.2 Å². The molecule has 7 heteroatoms. The van der Waals surface area contributed by atoms with Crippen LogP contribution in [0.3, 0.4) is 0 Å². The van der Waals surface area contributed by atoms with Crippen LogP contribution in [0.1, 0.15) is 52.8 Å². The molecule has 2 fully saturated rings. The monoisotopic (exact) mass is 397 g/mol. The van der Waals surface area contributed by atoms with Gasteiger partial charge in [0, 0.05) is 37.8 Å². The van der Waals surface area contributed by atoms with Gasteiger partial charge in [-0.1, -0.05) is 5.16 Å². The van der Waals surface area contributed by atoms with Crippen LogP contribution in [0.15, 0.2) is 34.9 Å². The largest absolute Gasteiger partial charge is 0.494 e. The van der Waals surface area contributed by atoms with Crippen molar-refractivity contribution in [1.29, 1.82) is 0 Å². The first-order valence-electron chi connectivity index (χ1n) is 10.2. The van der Waals surface area contributed by atoms with Crippen LogP contribution in [-0.2, 0) is 0 Å². The number of carbonyl (C=O) groups is 2. The summed E-state index contributed by atoms with van der Waals surface area (Å²) >= 11 is 0. The maximum Gasteiger partial charge on any atom is 0.276 e. The molecule has 0 N–H and O–H groups in total. The minimum Gasteiger partial charge on any atom is -0.494 e. The van der Waals surface area contributed by atoms with Crippen molar-refractivity contribution in [3.05, 3.63) is 47.3 Å². The lowest BCUT2D eigenvalue weighted by molar-refractivity contribution is 0.0563. The zero-order valence-electron chi connectivity index (χ0n) is 17.0. The van der Waals surface area contributed by atoms with Crippen molar-refractivity contribution < 1.29 is 18.8 Å². The number of benzene rings is 1. The molecule has 0 bridgehead atoms. The van der Waals surface area contributed by atoms with E-state index in [1.165, 1.54) is 0 Å². The lowest BCUT2D eigenvalue weighted by Crippen LogP contribution is -2.44. The molecule has 0 atom stereocenters. The zero-order chi connectivity index (χ0) is 20.4. The molecule has 0 unspecified atom stereocenters. The molecule has 29 heavy (non-hydrogen) atoms. The fourth-order valence-electron chi connectivity index (χ4n) is 4.37. The van der Waals surface area contributed by atoms with E-state index in [-0.39, 0.29) is 17.2 Å². The zero-order valence-corrected chi connectivity index (χ0v) is 17.0. The molecule has 2 amide bonds. The summed E-state index contributed by atoms with van der Waals surface area (Å²) in [6.07, 6.45) is 2.80. The fourth-order valence-corrected chi connectivity index (χ4v) is 4.37. The Morgan fingerprint density at radius 2 is 1.72 bits per heavy atom. The second-order valence-corrected chi connectivity index (χ2v) is 8.05. The maximum absolute atomic E-state index is 12.8. The molecule has 0 radical (unpaired) electrons. The van der Waals surface area contributed by atoms with E-state index in [1.54, 1.807) is 13.0 Å². The van der Waals surface area contributed by atoms with Crippen LogP contribution in [0.2, 0.25) is 0 Å². The number of likely N-dealkylation sites (tertiary alicyclic amines) is 2. The minimum atomic E-state index is -0.0633. The smallest absolute Gasteiger partial charge is 0.276 e. The minimum absolute atomic E-state index is 0.0619. The number of hydrogen-bond donors (Lipinski definition) is 0. The number of piperidine rings is 1. The highest BCUT2D eigenvalue weighted by Gasteiger charge is 2.43. The lowest BCUT2D eigenvalue weighted by Gasteiger charge is -2.39. The Kier molecular flexibility index (Phi) is 5.30. The molecule has 154 valence electrons. The number of amides is 2. The molecule has 7 nitrogen and oxygen atoms in total. The third kappa shape index (κ3) is 3.99. The standard InChI is InChI=1S/C22H27N3O4/c1-3-28-18-6-4-17(5-7-18)20(26)24-11-8-22(9-12-24)10-13-25(15-22)21(27)19-14-16(2)29-23-19/h4-7,14H,3,8-13,15H2,1-2H3. The first kappa shape index (κ1) is 19.5. The molecule has 0 saturated carbocycles. The highest BCUT2D eigenvalue weighted by atomic mass is 16.5. The van der Waals surface area contributed by atoms with E-state index in [4.69, 9.17) is 9.26 Å². The summed E-state index contributed by atoms with van der Waals surface area (Å²) in [5.41, 5.74) is 1.17. The Balaban J connectivity index is 1.34. The summed E-state index contributed by atoms with van der Waals surface area (Å²) in [4.78, 5) is 29.3. The van der Waals surface area contributed by atoms with Gasteiger partial charge >= 0.3 is 0 Å². The highest BCUT2D eigenvalue weighted by molar-refractivity contribution is 5.94. The maximum atomic E-state index is 12.8. The number of aromatic nitrogens is 1. The van der Waals surface area contributed by atoms with Crippen molar-refractivity contribution in [2.45, 2.75) is 33.1 Å². The number of rotatable bonds is 4. The predicted octanol–water partition coefficient (Wildman–Crippen LogP) is 3.15. The first-order chi connectivity index (χ1) is 14.0. The van der Waals surface area contributed by atoms with Crippen LogP contribution in [-0.4, -0.2) is 59.6 Å². The summed E-state index contributed by atoms with van der Waals surface area (Å²) in [5.74, 6) is 1.42. The van der Waals surface area contributed by atoms with Crippen molar-refractivity contribution in [3.8, 4) is 5.75 Å². The van der Waals surface area contributed by atoms with Gasteiger partial charge in [-0.3, -0.25) is 9.59 Å². The number of hydrogen-bond acceptors (Lipinski definition) is 5. The van der Waals surface area contributed by atoms with E-state index >= 15 is 0 Å². The second kappa shape index (κ2) is 7.89. The van der Waals surface area contributed by atoms with Gasteiger partial charge < -0.3 is 19.1 Å². The van der Waals surface area contributed by atoms with Crippen LogP contribution < -0.4 is 4.74 Å². The average Bonchev–Trinajstić information content (AvgIpc) is 3.35. The van der Waals surface area contributed by atoms with Crippen LogP contribution in [0, 0.1) is 12.3 Å². The third-order valence-corrected chi connectivity index (χ3v) is 6.10. The third-order valence-electron chi connectivity index (χ3n) is 6.10. The van der Waals surface area contributed by atoms with Gasteiger partial charge in [-0.05, 0) is 62.8 Å². The summed E-state index contributed by atoms with van der Waals surface area (Å²) < 4.78 is 10.5. The van der Waals surface area contributed by atoms with Gasteiger partial charge in [0.2, 0.25) is 0 Å². The molecule has 2 aliphatic heterocycles. The van der Waals surface area contributed by atoms with Gasteiger partial charge in [-0.25, -0.2) is 0 Å². The fraction of sp³-hybridized carbons (Fsp3) is 0.500. The number of nitrogens with zero attached hydrogens (tertiary/aromatic N) is 3. The molecule has 2 saturated heterocycles. The van der Waals surface area contributed by atoms with Gasteiger partial charge in [0.1, 0.15) is 11.5 Å². The van der Waals surface area contributed by atoms with Crippen molar-refractivity contribution in [1.82, 2.24) is 15.0 Å². The molecule has 4 rings (SSSR count). The van der Waals surface area contributed by atoms with Crippen molar-refractivity contribution in [2.24, 2.45) is 5.41 Å². The topological polar surface area (TPSA) is 75.9 Å². The van der Waals surface area contributed by atoms with E-state index < -0.39 is 0 Å². The SMILES string of the molecule is CCOc1ccc(C(=O)N2CCC3(CC2)CCN(C(=O)c2cc(C)on2)C3)cc1. The summed E-state index contributed by atoms with van der Waals surface area (Å²) in [7, 11) is 0. The Hall–Kier alpha value is -2.83. The molecular weight excluding hydrogens is 370 g/mol. The molecular formula is C22H27N3O4. The number of ether oxygens (including phenoxy) is 1. The molecule has 0 aliphatic carbocycles. The Labute approximate surface area is 170 Å². The predicted molar refractivity (Wildman–Crippen MR) is 107 cm³/mol. The van der Waals surface area contributed by atoms with Crippen LogP contribution in [0.4, 0.5) is 0 Å². The molecule has 1 aromatic carbocycles. The van der Waals surface area contributed by atoms with Crippen molar-refractivity contribution in [2.75, 3.05) is 32.8 Å². The van der Waals surface area contributed by atoms with E-state index in [2.05, 4.69) is 5.16 Å². The second-order valence-electron chi connectivity index (χ2n) is 8.05. The van der Waals surface area contributed by atoms with Gasteiger partial charge in [-0.2, -0.15) is 0 Å². The average molecular weight is 397 g/mol. The number of aryl methyl sites for hydroxylation is 1. The van der Waals surface area contributed by atoms with Gasteiger partial charge in [0.05, 0.1) is 6.61 Å². The van der Waals surface area contributed by atoms with Crippen molar-refractivity contribution >= 4 is 11.8 Å². The Bertz CT molecular complexity index is 882. The molecule has 1 aromatic heterocycles. The molecule has 2 aromatic rings. The Morgan fingerprint density at radius 3 is 2.31 bits per heavy atom. The summed E-state index contributed by atoms with van der Waals surface area (Å²) in [6, 6.07) is 9.02.